The molecule has 3 N–H and O–H groups in total. The van der Waals surface area contributed by atoms with Crippen molar-refractivity contribution in [3.8, 4) is 0 Å². The molecule has 0 aromatic heterocycles. The van der Waals surface area contributed by atoms with Crippen molar-refractivity contribution in [2.45, 2.75) is 95.4 Å². The van der Waals surface area contributed by atoms with Crippen molar-refractivity contribution >= 4 is 28.2 Å². The Bertz CT molecular complexity index is 2050. The molecule has 2 atom stereocenters. The summed E-state index contributed by atoms with van der Waals surface area (Å²) in [4.78, 5) is 25.1. The minimum atomic E-state index is -2.06. The summed E-state index contributed by atoms with van der Waals surface area (Å²) in [6.45, 7) is 23.1. The van der Waals surface area contributed by atoms with Gasteiger partial charge in [-0.15, -0.1) is 0 Å². The van der Waals surface area contributed by atoms with Crippen LogP contribution < -0.4 is 11.1 Å². The molecule has 0 amide bonds. The van der Waals surface area contributed by atoms with Crippen molar-refractivity contribution in [1.82, 2.24) is 5.32 Å². The summed E-state index contributed by atoms with van der Waals surface area (Å²) in [5.74, 6) is -0.0529. The minimum Gasteiger partial charge on any atom is -0.415 e. The number of nitrogens with one attached hydrogen (secondary N) is 1. The molecule has 61 heavy (non-hydrogen) atoms. The van der Waals surface area contributed by atoms with Crippen LogP contribution in [-0.2, 0) is 14.4 Å². The maximum atomic E-state index is 13.1. The lowest BCUT2D eigenvalue weighted by molar-refractivity contribution is 0.103. The molecule has 0 heterocycles. The molecular weight excluding hydrogens is 785 g/mol. The molecule has 5 aromatic rings. The summed E-state index contributed by atoms with van der Waals surface area (Å²) in [6.07, 6.45) is 6.93. The fourth-order valence-corrected chi connectivity index (χ4v) is 8.21. The van der Waals surface area contributed by atoms with Crippen LogP contribution in [0.5, 0.6) is 0 Å². The lowest BCUT2D eigenvalue weighted by Crippen LogP contribution is -2.52. The van der Waals surface area contributed by atoms with E-state index in [2.05, 4.69) is 146 Å². The van der Waals surface area contributed by atoms with Gasteiger partial charge >= 0.3 is 0 Å². The second-order valence-electron chi connectivity index (χ2n) is 18.6. The van der Waals surface area contributed by atoms with Crippen LogP contribution in [0.4, 0.5) is 0 Å². The second-order valence-corrected chi connectivity index (χ2v) is 28.2. The summed E-state index contributed by atoms with van der Waals surface area (Å²) < 4.78 is 12.8. The van der Waals surface area contributed by atoms with E-state index in [1.807, 2.05) is 72.8 Å². The Morgan fingerprint density at radius 3 is 1.18 bits per heavy atom. The van der Waals surface area contributed by atoms with Crippen LogP contribution in [0.2, 0.25) is 36.3 Å². The van der Waals surface area contributed by atoms with Gasteiger partial charge in [-0.05, 0) is 65.1 Å². The Morgan fingerprint density at radius 1 is 0.525 bits per heavy atom. The maximum absolute atomic E-state index is 13.1. The van der Waals surface area contributed by atoms with E-state index in [-0.39, 0.29) is 33.7 Å². The molecule has 0 spiro atoms. The second kappa shape index (κ2) is 21.8. The first-order valence-electron chi connectivity index (χ1n) is 21.3. The first kappa shape index (κ1) is 48.9. The molecule has 0 aliphatic carbocycles. The number of hydrogen-bond acceptors (Lipinski definition) is 6. The number of rotatable bonds is 17. The van der Waals surface area contributed by atoms with Gasteiger partial charge in [-0.2, -0.15) is 0 Å². The molecule has 322 valence electrons. The van der Waals surface area contributed by atoms with Crippen LogP contribution >= 0.6 is 0 Å². The lowest BCUT2D eigenvalue weighted by atomic mass is 9.76. The Kier molecular flexibility index (Phi) is 17.5. The van der Waals surface area contributed by atoms with Gasteiger partial charge in [-0.25, -0.2) is 0 Å². The van der Waals surface area contributed by atoms with Crippen LogP contribution in [0.15, 0.2) is 176 Å². The van der Waals surface area contributed by atoms with Crippen LogP contribution in [0, 0.1) is 0 Å². The number of nitrogens with two attached hydrogens (primary N) is 1. The first-order valence-corrected chi connectivity index (χ1v) is 27.1. The van der Waals surface area contributed by atoms with E-state index in [4.69, 9.17) is 14.6 Å². The fraction of sp³-hybridized carbons (Fsp3) is 0.321. The first-order chi connectivity index (χ1) is 28.8. The van der Waals surface area contributed by atoms with Gasteiger partial charge in [-0.1, -0.05) is 205 Å². The predicted molar refractivity (Wildman–Crippen MR) is 260 cm³/mol. The standard InChI is InChI=1S/C36H41NO2Si.C17H27NO2Si/c1-35(2,3)40(4,5)39-28-33(26-27-34(38)29-18-10-6-11-19-29)37-36(30-20-12-7-13-21-30,31-22-14-8-15-23-31)32-24-16-9-17-25-32;1-17(2,3)21(4,5)20-13-15(18)11-12-16(19)14-9-7-6-8-10-14/h6-27,33,37H,28H2,1-5H3;6-12,15H,13,18H2,1-5H3/b27-26+;12-11+/t33-;15-/m11/s1. The Balaban J connectivity index is 0.000000329. The number of carbonyl (C=O) groups excluding carboxylic acids is 2. The summed E-state index contributed by atoms with van der Waals surface area (Å²) in [5.41, 5.74) is 10.0. The van der Waals surface area contributed by atoms with Crippen LogP contribution in [0.25, 0.3) is 0 Å². The Hall–Kier alpha value is -4.81. The van der Waals surface area contributed by atoms with E-state index in [1.165, 1.54) is 6.08 Å². The molecule has 0 fully saturated rings. The third-order valence-corrected chi connectivity index (χ3v) is 21.0. The molecule has 8 heteroatoms. The molecule has 0 radical (unpaired) electrons. The minimum absolute atomic E-state index is 0.0236. The average Bonchev–Trinajstić information content (AvgIpc) is 3.25. The smallest absolute Gasteiger partial charge is 0.192 e. The molecule has 0 unspecified atom stereocenters. The molecule has 5 rings (SSSR count). The van der Waals surface area contributed by atoms with Gasteiger partial charge in [0.25, 0.3) is 0 Å². The number of hydrogen-bond donors (Lipinski definition) is 2. The summed E-state index contributed by atoms with van der Waals surface area (Å²) in [6, 6.07) is 49.7. The van der Waals surface area contributed by atoms with E-state index < -0.39 is 22.2 Å². The number of benzene rings is 5. The van der Waals surface area contributed by atoms with E-state index in [0.717, 1.165) is 16.7 Å². The zero-order chi connectivity index (χ0) is 44.7. The van der Waals surface area contributed by atoms with Crippen molar-refractivity contribution in [2.24, 2.45) is 5.73 Å². The molecule has 5 aromatic carbocycles. The van der Waals surface area contributed by atoms with Crippen molar-refractivity contribution in [3.05, 3.63) is 204 Å². The van der Waals surface area contributed by atoms with Crippen molar-refractivity contribution in [3.63, 3.8) is 0 Å². The fourth-order valence-electron chi connectivity index (χ4n) is 6.14. The molecule has 0 aliphatic rings. The number of carbonyl (C=O) groups is 2. The Morgan fingerprint density at radius 2 is 0.836 bits per heavy atom. The van der Waals surface area contributed by atoms with Gasteiger partial charge in [0.2, 0.25) is 0 Å². The van der Waals surface area contributed by atoms with E-state index in [1.54, 1.807) is 24.3 Å². The third kappa shape index (κ3) is 13.8. The summed E-state index contributed by atoms with van der Waals surface area (Å²) in [7, 11) is -3.85. The van der Waals surface area contributed by atoms with Gasteiger partial charge in [0, 0.05) is 23.2 Å². The number of ketones is 2. The largest absolute Gasteiger partial charge is 0.415 e. The predicted octanol–water partition coefficient (Wildman–Crippen LogP) is 12.2. The monoisotopic (exact) mass is 852 g/mol. The Labute approximate surface area is 368 Å². The zero-order valence-corrected chi connectivity index (χ0v) is 40.0. The van der Waals surface area contributed by atoms with Gasteiger partial charge < -0.3 is 14.6 Å². The van der Waals surface area contributed by atoms with E-state index >= 15 is 0 Å². The molecule has 6 nitrogen and oxygen atoms in total. The van der Waals surface area contributed by atoms with Crippen molar-refractivity contribution in [1.29, 1.82) is 0 Å². The summed E-state index contributed by atoms with van der Waals surface area (Å²) in [5, 5.41) is 4.23. The van der Waals surface area contributed by atoms with E-state index in [9.17, 15) is 9.59 Å². The average molecular weight is 853 g/mol. The van der Waals surface area contributed by atoms with Gasteiger partial charge in [-0.3, -0.25) is 14.9 Å². The van der Waals surface area contributed by atoms with Crippen molar-refractivity contribution in [2.75, 3.05) is 13.2 Å². The van der Waals surface area contributed by atoms with Crippen LogP contribution in [0.3, 0.4) is 0 Å². The zero-order valence-electron chi connectivity index (χ0n) is 38.0. The quantitative estimate of drug-likeness (QED) is 0.0419. The normalized spacial score (nSPS) is 13.7. The van der Waals surface area contributed by atoms with Crippen molar-refractivity contribution < 1.29 is 18.4 Å². The SMILES string of the molecule is CC(C)(C)[Si](C)(C)OC[C@@H](/C=C/C(=O)c1ccccc1)NC(c1ccccc1)(c1ccccc1)c1ccccc1.CC(C)(C)[Si](C)(C)OC[C@H](N)/C=C/C(=O)c1ccccc1. The third-order valence-electron chi connectivity index (χ3n) is 12.0. The molecular formula is C53H68N2O4Si2. The lowest BCUT2D eigenvalue weighted by Gasteiger charge is -2.41. The van der Waals surface area contributed by atoms with Gasteiger partial charge in [0.05, 0.1) is 18.8 Å². The van der Waals surface area contributed by atoms with Gasteiger partial charge in [0.1, 0.15) is 0 Å². The van der Waals surface area contributed by atoms with Crippen LogP contribution in [-0.4, -0.2) is 53.5 Å². The highest BCUT2D eigenvalue weighted by atomic mass is 28.4. The molecule has 0 saturated heterocycles. The van der Waals surface area contributed by atoms with E-state index in [0.29, 0.717) is 24.3 Å². The van der Waals surface area contributed by atoms with Gasteiger partial charge in [0.15, 0.2) is 28.2 Å². The molecule has 0 saturated carbocycles. The highest BCUT2D eigenvalue weighted by Gasteiger charge is 2.41. The highest BCUT2D eigenvalue weighted by molar-refractivity contribution is 6.74. The molecule has 0 aliphatic heterocycles. The molecule has 0 bridgehead atoms. The maximum Gasteiger partial charge on any atom is 0.192 e. The topological polar surface area (TPSA) is 90.7 Å². The number of allylic oxidation sites excluding steroid dienone is 2. The highest BCUT2D eigenvalue weighted by Crippen LogP contribution is 2.39. The van der Waals surface area contributed by atoms with Crippen LogP contribution in [0.1, 0.15) is 78.9 Å². The summed E-state index contributed by atoms with van der Waals surface area (Å²) >= 11 is 0.